The molecule has 0 aliphatic carbocycles. The van der Waals surface area contributed by atoms with Crippen LogP contribution in [0.5, 0.6) is 5.75 Å². The first kappa shape index (κ1) is 11.7. The van der Waals surface area contributed by atoms with Crippen LogP contribution in [0.2, 0.25) is 0 Å². The zero-order chi connectivity index (χ0) is 12.5. The predicted molar refractivity (Wildman–Crippen MR) is 73.4 cm³/mol. The van der Waals surface area contributed by atoms with Gasteiger partial charge in [0.05, 0.1) is 5.92 Å². The van der Waals surface area contributed by atoms with Gasteiger partial charge < -0.3 is 10.1 Å². The Hall–Kier alpha value is -1.39. The lowest BCUT2D eigenvalue weighted by Gasteiger charge is -2.06. The van der Waals surface area contributed by atoms with Crippen LogP contribution in [0.1, 0.15) is 34.3 Å². The zero-order valence-corrected chi connectivity index (χ0v) is 11.3. The van der Waals surface area contributed by atoms with Gasteiger partial charge >= 0.3 is 0 Å². The van der Waals surface area contributed by atoms with Crippen molar-refractivity contribution in [1.29, 1.82) is 0 Å². The molecule has 0 saturated heterocycles. The third-order valence-corrected chi connectivity index (χ3v) is 4.69. The average Bonchev–Trinajstić information content (AvgIpc) is 3.03. The molecule has 94 valence electrons. The fraction of sp³-hybridized carbons (Fsp3) is 0.357. The van der Waals surface area contributed by atoms with Gasteiger partial charge in [-0.1, -0.05) is 18.2 Å². The molecule has 0 spiro atoms. The number of hydrogen-bond acceptors (Lipinski definition) is 4. The van der Waals surface area contributed by atoms with Crippen LogP contribution in [0.4, 0.5) is 0 Å². The number of benzene rings is 1. The van der Waals surface area contributed by atoms with Crippen LogP contribution in [0.3, 0.4) is 0 Å². The molecular weight excluding hydrogens is 244 g/mol. The van der Waals surface area contributed by atoms with E-state index in [0.717, 1.165) is 10.8 Å². The third kappa shape index (κ3) is 1.91. The molecule has 18 heavy (non-hydrogen) atoms. The average molecular weight is 260 g/mol. The molecule has 2 unspecified atom stereocenters. The van der Waals surface area contributed by atoms with Crippen LogP contribution < -0.4 is 10.1 Å². The molecule has 0 bridgehead atoms. The first-order valence-electron chi connectivity index (χ1n) is 6.14. The van der Waals surface area contributed by atoms with Crippen LogP contribution in [0, 0.1) is 0 Å². The molecule has 2 aromatic rings. The van der Waals surface area contributed by atoms with E-state index in [2.05, 4.69) is 29.4 Å². The minimum atomic E-state index is 0.295. The Labute approximate surface area is 111 Å². The fourth-order valence-corrected chi connectivity index (χ4v) is 3.26. The lowest BCUT2D eigenvalue weighted by atomic mass is 10.0. The fourth-order valence-electron chi connectivity index (χ4n) is 2.17. The molecule has 4 heteroatoms. The Balaban J connectivity index is 1.91. The van der Waals surface area contributed by atoms with Gasteiger partial charge in [-0.2, -0.15) is 0 Å². The van der Waals surface area contributed by atoms with Crippen molar-refractivity contribution in [2.45, 2.75) is 18.9 Å². The minimum absolute atomic E-state index is 0.295. The lowest BCUT2D eigenvalue weighted by molar-refractivity contribution is 0.343. The maximum absolute atomic E-state index is 5.71. The molecule has 2 atom stereocenters. The summed E-state index contributed by atoms with van der Waals surface area (Å²) in [6, 6.07) is 8.59. The molecule has 0 radical (unpaired) electrons. The molecule has 1 aliphatic rings. The Morgan fingerprint density at radius 1 is 1.44 bits per heavy atom. The molecule has 2 heterocycles. The summed E-state index contributed by atoms with van der Waals surface area (Å²) in [6.07, 6.45) is 1.97. The van der Waals surface area contributed by atoms with Crippen molar-refractivity contribution in [2.75, 3.05) is 13.7 Å². The second kappa shape index (κ2) is 4.71. The van der Waals surface area contributed by atoms with Gasteiger partial charge in [0.2, 0.25) is 0 Å². The molecule has 1 aromatic carbocycles. The molecule has 3 nitrogen and oxygen atoms in total. The van der Waals surface area contributed by atoms with E-state index in [4.69, 9.17) is 4.74 Å². The summed E-state index contributed by atoms with van der Waals surface area (Å²) in [7, 11) is 1.97. The topological polar surface area (TPSA) is 34.2 Å². The summed E-state index contributed by atoms with van der Waals surface area (Å²) >= 11 is 1.77. The van der Waals surface area contributed by atoms with E-state index in [1.54, 1.807) is 11.3 Å². The summed E-state index contributed by atoms with van der Waals surface area (Å²) in [6.45, 7) is 2.86. The number of hydrogen-bond donors (Lipinski definition) is 1. The van der Waals surface area contributed by atoms with Crippen LogP contribution in [-0.2, 0) is 0 Å². The number of fused-ring (bicyclic) bond motifs is 1. The van der Waals surface area contributed by atoms with E-state index in [9.17, 15) is 0 Å². The second-order valence-corrected chi connectivity index (χ2v) is 5.61. The molecule has 0 fully saturated rings. The van der Waals surface area contributed by atoms with Crippen molar-refractivity contribution in [3.63, 3.8) is 0 Å². The summed E-state index contributed by atoms with van der Waals surface area (Å²) in [4.78, 5) is 5.84. The van der Waals surface area contributed by atoms with Gasteiger partial charge in [0.1, 0.15) is 17.4 Å². The van der Waals surface area contributed by atoms with Crippen molar-refractivity contribution in [2.24, 2.45) is 0 Å². The number of nitrogens with zero attached hydrogens (tertiary/aromatic N) is 1. The monoisotopic (exact) mass is 260 g/mol. The zero-order valence-electron chi connectivity index (χ0n) is 10.5. The van der Waals surface area contributed by atoms with Crippen LogP contribution >= 0.6 is 11.3 Å². The molecular formula is C14H16N2OS. The smallest absolute Gasteiger partial charge is 0.123 e. The normalized spacial score (nSPS) is 19.3. The molecule has 1 N–H and O–H groups in total. The predicted octanol–water partition coefficient (Wildman–Crippen LogP) is 2.95. The van der Waals surface area contributed by atoms with Gasteiger partial charge in [-0.3, -0.25) is 0 Å². The SMILES string of the molecule is CNC(C)c1cnc(C2COc3ccccc32)s1. The standard InChI is InChI=1S/C14H16N2OS/c1-9(15-2)13-7-16-14(18-13)11-8-17-12-6-4-3-5-10(11)12/h3-7,9,11,15H,8H2,1-2H3. The Morgan fingerprint density at radius 2 is 2.28 bits per heavy atom. The highest BCUT2D eigenvalue weighted by Crippen LogP contribution is 2.39. The molecule has 0 amide bonds. The van der Waals surface area contributed by atoms with Gasteiger partial charge in [-0.05, 0) is 20.0 Å². The first-order valence-corrected chi connectivity index (χ1v) is 6.96. The number of thiazole rings is 1. The summed E-state index contributed by atoms with van der Waals surface area (Å²) in [5.74, 6) is 1.30. The van der Waals surface area contributed by atoms with Crippen molar-refractivity contribution >= 4 is 11.3 Å². The van der Waals surface area contributed by atoms with E-state index in [1.165, 1.54) is 10.4 Å². The number of ether oxygens (including phenoxy) is 1. The molecule has 1 aromatic heterocycles. The minimum Gasteiger partial charge on any atom is -0.492 e. The number of nitrogens with one attached hydrogen (secondary N) is 1. The van der Waals surface area contributed by atoms with E-state index < -0.39 is 0 Å². The van der Waals surface area contributed by atoms with Gasteiger partial charge in [-0.15, -0.1) is 11.3 Å². The van der Waals surface area contributed by atoms with Crippen molar-refractivity contribution in [3.8, 4) is 5.75 Å². The van der Waals surface area contributed by atoms with Crippen molar-refractivity contribution < 1.29 is 4.74 Å². The highest BCUT2D eigenvalue weighted by molar-refractivity contribution is 7.11. The number of rotatable bonds is 3. The quantitative estimate of drug-likeness (QED) is 0.921. The van der Waals surface area contributed by atoms with Gasteiger partial charge in [0.15, 0.2) is 0 Å². The maximum Gasteiger partial charge on any atom is 0.123 e. The number of aromatic nitrogens is 1. The van der Waals surface area contributed by atoms with Crippen molar-refractivity contribution in [3.05, 3.63) is 45.9 Å². The highest BCUT2D eigenvalue weighted by atomic mass is 32.1. The lowest BCUT2D eigenvalue weighted by Crippen LogP contribution is -2.10. The van der Waals surface area contributed by atoms with Gasteiger partial charge in [0, 0.05) is 22.7 Å². The Morgan fingerprint density at radius 3 is 3.11 bits per heavy atom. The maximum atomic E-state index is 5.71. The molecule has 3 rings (SSSR count). The Bertz CT molecular complexity index is 552. The van der Waals surface area contributed by atoms with Gasteiger partial charge in [0.25, 0.3) is 0 Å². The number of para-hydroxylation sites is 1. The molecule has 1 aliphatic heterocycles. The Kier molecular flexibility index (Phi) is 3.06. The largest absolute Gasteiger partial charge is 0.492 e. The highest BCUT2D eigenvalue weighted by Gasteiger charge is 2.27. The van der Waals surface area contributed by atoms with Crippen LogP contribution in [0.25, 0.3) is 0 Å². The van der Waals surface area contributed by atoms with E-state index in [-0.39, 0.29) is 0 Å². The van der Waals surface area contributed by atoms with Crippen molar-refractivity contribution in [1.82, 2.24) is 10.3 Å². The van der Waals surface area contributed by atoms with E-state index >= 15 is 0 Å². The first-order chi connectivity index (χ1) is 8.79. The van der Waals surface area contributed by atoms with E-state index in [0.29, 0.717) is 18.6 Å². The van der Waals surface area contributed by atoms with Crippen LogP contribution in [0.15, 0.2) is 30.5 Å². The second-order valence-electron chi connectivity index (χ2n) is 4.51. The van der Waals surface area contributed by atoms with Gasteiger partial charge in [-0.25, -0.2) is 4.98 Å². The molecule has 0 saturated carbocycles. The summed E-state index contributed by atoms with van der Waals surface area (Å²) in [5, 5.41) is 4.39. The third-order valence-electron chi connectivity index (χ3n) is 3.40. The van der Waals surface area contributed by atoms with E-state index in [1.807, 2.05) is 25.4 Å². The summed E-state index contributed by atoms with van der Waals surface area (Å²) in [5.41, 5.74) is 1.26. The summed E-state index contributed by atoms with van der Waals surface area (Å²) < 4.78 is 5.71. The van der Waals surface area contributed by atoms with Crippen LogP contribution in [-0.4, -0.2) is 18.6 Å².